The molecule has 1 aromatic rings. The molecule has 0 spiro atoms. The summed E-state index contributed by atoms with van der Waals surface area (Å²) < 4.78 is 0. The number of carbonyl (C=O) groups is 1. The first-order chi connectivity index (χ1) is 5.72. The molecule has 0 aliphatic carbocycles. The van der Waals surface area contributed by atoms with Crippen LogP contribution in [0.1, 0.15) is 0 Å². The van der Waals surface area contributed by atoms with Crippen LogP contribution in [0.25, 0.3) is 0 Å². The third-order valence-corrected chi connectivity index (χ3v) is 1.15. The van der Waals surface area contributed by atoms with Crippen LogP contribution in [-0.4, -0.2) is 23.3 Å². The van der Waals surface area contributed by atoms with Crippen molar-refractivity contribution in [2.45, 2.75) is 0 Å². The molecule has 0 aliphatic heterocycles. The van der Waals surface area contributed by atoms with E-state index in [1.54, 1.807) is 0 Å². The second-order valence-electron chi connectivity index (χ2n) is 2.01. The largest absolute Gasteiger partial charge is 0.341 e. The third kappa shape index (κ3) is 2.08. The summed E-state index contributed by atoms with van der Waals surface area (Å²) >= 11 is 0. The average molecular weight is 168 g/mol. The van der Waals surface area contributed by atoms with E-state index >= 15 is 0 Å². The van der Waals surface area contributed by atoms with Gasteiger partial charge in [0.1, 0.15) is 0 Å². The summed E-state index contributed by atoms with van der Waals surface area (Å²) in [5, 5.41) is 10.5. The van der Waals surface area contributed by atoms with Gasteiger partial charge in [0.2, 0.25) is 0 Å². The predicted octanol–water partition coefficient (Wildman–Crippen LogP) is -0.479. The Bertz CT molecular complexity index is 312. The fraction of sp³-hybridized carbons (Fsp3) is 0.167. The highest BCUT2D eigenvalue weighted by molar-refractivity contribution is 5.87. The average Bonchev–Trinajstić information content (AvgIpc) is 2.09. The highest BCUT2D eigenvalue weighted by atomic mass is 16.2. The Hall–Kier alpha value is -1.85. The Morgan fingerprint density at radius 1 is 1.58 bits per heavy atom. The molecule has 0 unspecified atom stereocenters. The first-order valence-corrected chi connectivity index (χ1v) is 3.27. The number of hydrogen-bond donors (Lipinski definition) is 3. The van der Waals surface area contributed by atoms with Gasteiger partial charge >= 0.3 is 6.03 Å². The molecular weight excluding hydrogens is 160 g/mol. The molecule has 2 amide bonds. The predicted molar refractivity (Wildman–Crippen MR) is 42.9 cm³/mol. The van der Waals surface area contributed by atoms with E-state index < -0.39 is 0 Å². The van der Waals surface area contributed by atoms with Gasteiger partial charge in [-0.1, -0.05) is 0 Å². The maximum absolute atomic E-state index is 10.7. The Kier molecular flexibility index (Phi) is 2.42. The van der Waals surface area contributed by atoms with E-state index in [-0.39, 0.29) is 11.6 Å². The number of hydrogen-bond acceptors (Lipinski definition) is 3. The number of H-pyrrole nitrogens is 1. The maximum atomic E-state index is 10.7. The molecule has 0 aromatic carbocycles. The highest BCUT2D eigenvalue weighted by Crippen LogP contribution is 1.93. The van der Waals surface area contributed by atoms with Crippen molar-refractivity contribution in [2.75, 3.05) is 12.4 Å². The molecule has 6 nitrogen and oxygen atoms in total. The van der Waals surface area contributed by atoms with Crippen molar-refractivity contribution < 1.29 is 4.79 Å². The van der Waals surface area contributed by atoms with Crippen LogP contribution in [0.15, 0.2) is 16.9 Å². The lowest BCUT2D eigenvalue weighted by Gasteiger charge is -2.00. The summed E-state index contributed by atoms with van der Waals surface area (Å²) in [6.07, 6.45) is 0. The lowest BCUT2D eigenvalue weighted by atomic mass is 10.5. The van der Waals surface area contributed by atoms with Gasteiger partial charge in [0.05, 0.1) is 0 Å². The summed E-state index contributed by atoms with van der Waals surface area (Å²) in [7, 11) is 1.49. The first-order valence-electron chi connectivity index (χ1n) is 3.27. The lowest BCUT2D eigenvalue weighted by molar-refractivity contribution is 0.254. The van der Waals surface area contributed by atoms with Crippen LogP contribution in [0.3, 0.4) is 0 Å². The molecule has 0 radical (unpaired) electrons. The van der Waals surface area contributed by atoms with Crippen molar-refractivity contribution in [2.24, 2.45) is 0 Å². The van der Waals surface area contributed by atoms with Crippen molar-refractivity contribution in [3.63, 3.8) is 0 Å². The topological polar surface area (TPSA) is 86.9 Å². The van der Waals surface area contributed by atoms with Crippen molar-refractivity contribution in [3.05, 3.63) is 22.5 Å². The quantitative estimate of drug-likeness (QED) is 0.529. The molecule has 64 valence electrons. The van der Waals surface area contributed by atoms with Gasteiger partial charge in [-0.15, -0.1) is 0 Å². The normalized spacial score (nSPS) is 9.08. The minimum atomic E-state index is -0.380. The molecule has 0 saturated carbocycles. The number of urea groups is 1. The van der Waals surface area contributed by atoms with Crippen LogP contribution in [-0.2, 0) is 0 Å². The summed E-state index contributed by atoms with van der Waals surface area (Å²) in [6.45, 7) is 0. The Morgan fingerprint density at radius 3 is 2.83 bits per heavy atom. The van der Waals surface area contributed by atoms with Crippen molar-refractivity contribution in [1.29, 1.82) is 0 Å². The van der Waals surface area contributed by atoms with Crippen LogP contribution < -0.4 is 16.2 Å². The number of aromatic nitrogens is 2. The van der Waals surface area contributed by atoms with Crippen LogP contribution in [0.4, 0.5) is 10.6 Å². The van der Waals surface area contributed by atoms with E-state index in [1.165, 1.54) is 19.2 Å². The molecule has 1 heterocycles. The third-order valence-electron chi connectivity index (χ3n) is 1.15. The van der Waals surface area contributed by atoms with Crippen molar-refractivity contribution >= 4 is 11.8 Å². The Morgan fingerprint density at radius 2 is 2.33 bits per heavy atom. The van der Waals surface area contributed by atoms with E-state index in [9.17, 15) is 9.59 Å². The molecule has 3 N–H and O–H groups in total. The summed E-state index contributed by atoms with van der Waals surface area (Å²) in [4.78, 5) is 21.2. The zero-order valence-electron chi connectivity index (χ0n) is 6.42. The van der Waals surface area contributed by atoms with Crippen LogP contribution in [0.5, 0.6) is 0 Å². The molecule has 0 fully saturated rings. The number of nitrogens with zero attached hydrogens (tertiary/aromatic N) is 1. The smallest absolute Gasteiger partial charge is 0.320 e. The van der Waals surface area contributed by atoms with E-state index in [1.807, 2.05) is 0 Å². The zero-order chi connectivity index (χ0) is 8.97. The van der Waals surface area contributed by atoms with Crippen LogP contribution in [0.2, 0.25) is 0 Å². The fourth-order valence-electron chi connectivity index (χ4n) is 0.593. The number of amides is 2. The highest BCUT2D eigenvalue weighted by Gasteiger charge is 1.97. The van der Waals surface area contributed by atoms with Gasteiger partial charge in [-0.2, -0.15) is 5.10 Å². The molecular formula is C6H8N4O2. The van der Waals surface area contributed by atoms with Gasteiger partial charge in [0, 0.05) is 13.1 Å². The number of rotatable bonds is 1. The number of carbonyl (C=O) groups excluding carboxylic acids is 1. The van der Waals surface area contributed by atoms with Crippen LogP contribution >= 0.6 is 0 Å². The first kappa shape index (κ1) is 8.25. The van der Waals surface area contributed by atoms with E-state index in [0.29, 0.717) is 5.82 Å². The second kappa shape index (κ2) is 3.51. The van der Waals surface area contributed by atoms with Crippen molar-refractivity contribution in [3.8, 4) is 0 Å². The van der Waals surface area contributed by atoms with Crippen LogP contribution in [0, 0.1) is 0 Å². The number of aromatic amines is 1. The van der Waals surface area contributed by atoms with Gasteiger partial charge in [-0.05, 0) is 6.07 Å². The van der Waals surface area contributed by atoms with Crippen molar-refractivity contribution in [1.82, 2.24) is 15.5 Å². The molecule has 0 aliphatic rings. The van der Waals surface area contributed by atoms with Gasteiger partial charge in [-0.3, -0.25) is 10.1 Å². The minimum absolute atomic E-state index is 0.300. The summed E-state index contributed by atoms with van der Waals surface area (Å²) in [5.74, 6) is 0.300. The Balaban J connectivity index is 2.71. The molecule has 0 atom stereocenters. The van der Waals surface area contributed by atoms with Gasteiger partial charge in [0.25, 0.3) is 5.56 Å². The molecule has 12 heavy (non-hydrogen) atoms. The minimum Gasteiger partial charge on any atom is -0.341 e. The second-order valence-corrected chi connectivity index (χ2v) is 2.01. The summed E-state index contributed by atoms with van der Waals surface area (Å²) in [5.41, 5.74) is -0.308. The monoisotopic (exact) mass is 168 g/mol. The van der Waals surface area contributed by atoms with E-state index in [0.717, 1.165) is 0 Å². The standard InChI is InChI=1S/C6H8N4O2/c1-7-6(12)8-4-2-3-5(11)10-9-4/h2-3H,1H3,(H,10,11)(H2,7,8,9,12). The fourth-order valence-corrected chi connectivity index (χ4v) is 0.593. The zero-order valence-corrected chi connectivity index (χ0v) is 6.42. The van der Waals surface area contributed by atoms with E-state index in [4.69, 9.17) is 0 Å². The Labute approximate surface area is 68.0 Å². The molecule has 0 saturated heterocycles. The van der Waals surface area contributed by atoms with Gasteiger partial charge in [-0.25, -0.2) is 9.89 Å². The van der Waals surface area contributed by atoms with Gasteiger partial charge < -0.3 is 5.32 Å². The van der Waals surface area contributed by atoms with Gasteiger partial charge in [0.15, 0.2) is 5.82 Å². The number of nitrogens with one attached hydrogen (secondary N) is 3. The molecule has 1 rings (SSSR count). The number of anilines is 1. The SMILES string of the molecule is CNC(=O)Nc1ccc(=O)[nH]n1. The molecule has 0 bridgehead atoms. The van der Waals surface area contributed by atoms with E-state index in [2.05, 4.69) is 20.8 Å². The maximum Gasteiger partial charge on any atom is 0.320 e. The lowest BCUT2D eigenvalue weighted by Crippen LogP contribution is -2.25. The molecule has 1 aromatic heterocycles. The summed E-state index contributed by atoms with van der Waals surface area (Å²) in [6, 6.07) is 2.31. The molecule has 6 heteroatoms.